The van der Waals surface area contributed by atoms with Crippen LogP contribution in [0.3, 0.4) is 0 Å². The monoisotopic (exact) mass is 337 g/mol. The number of hydrogen-bond acceptors (Lipinski definition) is 2. The summed E-state index contributed by atoms with van der Waals surface area (Å²) in [5.41, 5.74) is 3.21. The highest BCUT2D eigenvalue weighted by Crippen LogP contribution is 2.19. The van der Waals surface area contributed by atoms with Crippen LogP contribution in [0.15, 0.2) is 60.7 Å². The minimum atomic E-state index is -0.894. The zero-order valence-electron chi connectivity index (χ0n) is 14.4. The highest BCUT2D eigenvalue weighted by atomic mass is 16.4. The standard InChI is InChI=1S/C21H23NO3/c1-2-15-22(16-14-21(24)25)20(23)13-10-17-8-11-19(12-9-17)18-6-4-3-5-7-18/h3-13H,2,14-16H2,1H3,(H,24,25)/b13-10+. The van der Waals surface area contributed by atoms with Crippen molar-refractivity contribution < 1.29 is 14.7 Å². The molecule has 0 unspecified atom stereocenters. The van der Waals surface area contributed by atoms with Crippen LogP contribution in [0.1, 0.15) is 25.3 Å². The van der Waals surface area contributed by atoms with E-state index in [1.807, 2.05) is 49.4 Å². The number of carboxylic acids is 1. The van der Waals surface area contributed by atoms with Gasteiger partial charge in [0.2, 0.25) is 5.91 Å². The van der Waals surface area contributed by atoms with Crippen LogP contribution >= 0.6 is 0 Å². The van der Waals surface area contributed by atoms with E-state index in [2.05, 4.69) is 12.1 Å². The van der Waals surface area contributed by atoms with Crippen molar-refractivity contribution in [1.29, 1.82) is 0 Å². The Morgan fingerprint density at radius 1 is 0.960 bits per heavy atom. The molecule has 4 heteroatoms. The minimum absolute atomic E-state index is 0.0364. The lowest BCUT2D eigenvalue weighted by atomic mass is 10.0. The van der Waals surface area contributed by atoms with Gasteiger partial charge in [-0.15, -0.1) is 0 Å². The number of rotatable bonds is 8. The molecule has 0 aliphatic heterocycles. The summed E-state index contributed by atoms with van der Waals surface area (Å²) in [7, 11) is 0. The topological polar surface area (TPSA) is 57.6 Å². The van der Waals surface area contributed by atoms with E-state index >= 15 is 0 Å². The molecule has 25 heavy (non-hydrogen) atoms. The van der Waals surface area contributed by atoms with Crippen molar-refractivity contribution in [3.8, 4) is 11.1 Å². The summed E-state index contributed by atoms with van der Waals surface area (Å²) in [6.07, 6.45) is 4.03. The van der Waals surface area contributed by atoms with E-state index in [-0.39, 0.29) is 18.9 Å². The quantitative estimate of drug-likeness (QED) is 0.738. The van der Waals surface area contributed by atoms with Crippen molar-refractivity contribution in [3.05, 3.63) is 66.2 Å². The largest absolute Gasteiger partial charge is 0.481 e. The molecule has 0 fully saturated rings. The van der Waals surface area contributed by atoms with Gasteiger partial charge in [-0.1, -0.05) is 61.5 Å². The van der Waals surface area contributed by atoms with Crippen LogP contribution in [0, 0.1) is 0 Å². The molecule has 2 aromatic carbocycles. The summed E-state index contributed by atoms with van der Waals surface area (Å²) in [6.45, 7) is 2.76. The fraction of sp³-hybridized carbons (Fsp3) is 0.238. The van der Waals surface area contributed by atoms with Crippen LogP contribution in [0.2, 0.25) is 0 Å². The molecule has 0 bridgehead atoms. The van der Waals surface area contributed by atoms with Crippen LogP contribution < -0.4 is 0 Å². The Morgan fingerprint density at radius 2 is 1.60 bits per heavy atom. The zero-order chi connectivity index (χ0) is 18.1. The van der Waals surface area contributed by atoms with Crippen molar-refractivity contribution >= 4 is 18.0 Å². The Kier molecular flexibility index (Phi) is 6.96. The van der Waals surface area contributed by atoms with Gasteiger partial charge in [-0.3, -0.25) is 9.59 Å². The summed E-state index contributed by atoms with van der Waals surface area (Å²) in [6, 6.07) is 18.1. The lowest BCUT2D eigenvalue weighted by Gasteiger charge is -2.19. The summed E-state index contributed by atoms with van der Waals surface area (Å²) in [5.74, 6) is -1.05. The number of hydrogen-bond donors (Lipinski definition) is 1. The van der Waals surface area contributed by atoms with Crippen LogP contribution in [-0.2, 0) is 9.59 Å². The Labute approximate surface area is 148 Å². The van der Waals surface area contributed by atoms with E-state index in [9.17, 15) is 9.59 Å². The first kappa shape index (κ1) is 18.5. The van der Waals surface area contributed by atoms with Crippen molar-refractivity contribution in [2.24, 2.45) is 0 Å². The molecule has 1 N–H and O–H groups in total. The van der Waals surface area contributed by atoms with Crippen LogP contribution in [0.25, 0.3) is 17.2 Å². The van der Waals surface area contributed by atoms with Crippen molar-refractivity contribution in [3.63, 3.8) is 0 Å². The van der Waals surface area contributed by atoms with Gasteiger partial charge in [0.05, 0.1) is 6.42 Å². The molecular formula is C21H23NO3. The molecule has 2 rings (SSSR count). The van der Waals surface area contributed by atoms with Crippen LogP contribution in [0.5, 0.6) is 0 Å². The molecule has 130 valence electrons. The van der Waals surface area contributed by atoms with Crippen LogP contribution in [-0.4, -0.2) is 35.0 Å². The number of carbonyl (C=O) groups is 2. The van der Waals surface area contributed by atoms with E-state index in [1.165, 1.54) is 6.08 Å². The van der Waals surface area contributed by atoms with Crippen molar-refractivity contribution in [2.75, 3.05) is 13.1 Å². The van der Waals surface area contributed by atoms with Gasteiger partial charge in [-0.05, 0) is 29.2 Å². The molecular weight excluding hydrogens is 314 g/mol. The van der Waals surface area contributed by atoms with Gasteiger partial charge in [0.25, 0.3) is 0 Å². The Morgan fingerprint density at radius 3 is 2.20 bits per heavy atom. The predicted octanol–water partition coefficient (Wildman–Crippen LogP) is 4.08. The molecule has 0 atom stereocenters. The molecule has 4 nitrogen and oxygen atoms in total. The number of amides is 1. The summed E-state index contributed by atoms with van der Waals surface area (Å²) in [4.78, 5) is 24.5. The third-order valence-corrected chi connectivity index (χ3v) is 3.84. The number of carboxylic acid groups (broad SMARTS) is 1. The SMILES string of the molecule is CCCN(CCC(=O)O)C(=O)/C=C/c1ccc(-c2ccccc2)cc1. The number of aliphatic carboxylic acids is 1. The third-order valence-electron chi connectivity index (χ3n) is 3.84. The van der Waals surface area contributed by atoms with Gasteiger partial charge < -0.3 is 10.0 Å². The van der Waals surface area contributed by atoms with Gasteiger partial charge in [0.15, 0.2) is 0 Å². The number of benzene rings is 2. The van der Waals surface area contributed by atoms with Gasteiger partial charge >= 0.3 is 5.97 Å². The van der Waals surface area contributed by atoms with E-state index < -0.39 is 5.97 Å². The minimum Gasteiger partial charge on any atom is -0.481 e. The Hall–Kier alpha value is -2.88. The average molecular weight is 337 g/mol. The maximum absolute atomic E-state index is 12.3. The lowest BCUT2D eigenvalue weighted by molar-refractivity contribution is -0.138. The fourth-order valence-electron chi connectivity index (χ4n) is 2.52. The number of carbonyl (C=O) groups excluding carboxylic acids is 1. The molecule has 0 heterocycles. The molecule has 0 aromatic heterocycles. The lowest BCUT2D eigenvalue weighted by Crippen LogP contribution is -2.32. The van der Waals surface area contributed by atoms with E-state index in [4.69, 9.17) is 5.11 Å². The van der Waals surface area contributed by atoms with E-state index in [0.29, 0.717) is 6.54 Å². The maximum atomic E-state index is 12.3. The molecule has 0 aliphatic carbocycles. The second kappa shape index (κ2) is 9.42. The molecule has 0 saturated heterocycles. The first-order chi connectivity index (χ1) is 12.1. The van der Waals surface area contributed by atoms with E-state index in [0.717, 1.165) is 23.1 Å². The predicted molar refractivity (Wildman–Crippen MR) is 100 cm³/mol. The van der Waals surface area contributed by atoms with Gasteiger partial charge in [0.1, 0.15) is 0 Å². The second-order valence-electron chi connectivity index (χ2n) is 5.79. The summed E-state index contributed by atoms with van der Waals surface area (Å²) in [5, 5.41) is 8.78. The molecule has 1 amide bonds. The highest BCUT2D eigenvalue weighted by molar-refractivity contribution is 5.92. The molecule has 0 aliphatic rings. The Bertz CT molecular complexity index is 721. The second-order valence-corrected chi connectivity index (χ2v) is 5.79. The fourth-order valence-corrected chi connectivity index (χ4v) is 2.52. The van der Waals surface area contributed by atoms with Crippen LogP contribution in [0.4, 0.5) is 0 Å². The zero-order valence-corrected chi connectivity index (χ0v) is 14.4. The Balaban J connectivity index is 2.01. The summed E-state index contributed by atoms with van der Waals surface area (Å²) >= 11 is 0. The molecule has 0 spiro atoms. The van der Waals surface area contributed by atoms with E-state index in [1.54, 1.807) is 11.0 Å². The third kappa shape index (κ3) is 5.92. The highest BCUT2D eigenvalue weighted by Gasteiger charge is 2.11. The average Bonchev–Trinajstić information content (AvgIpc) is 2.64. The normalized spacial score (nSPS) is 10.8. The first-order valence-corrected chi connectivity index (χ1v) is 8.44. The van der Waals surface area contributed by atoms with Gasteiger partial charge in [-0.25, -0.2) is 0 Å². The van der Waals surface area contributed by atoms with Gasteiger partial charge in [-0.2, -0.15) is 0 Å². The maximum Gasteiger partial charge on any atom is 0.305 e. The summed E-state index contributed by atoms with van der Waals surface area (Å²) < 4.78 is 0. The number of nitrogens with zero attached hydrogens (tertiary/aromatic N) is 1. The molecule has 0 radical (unpaired) electrons. The van der Waals surface area contributed by atoms with Crippen molar-refractivity contribution in [1.82, 2.24) is 4.90 Å². The van der Waals surface area contributed by atoms with Crippen molar-refractivity contribution in [2.45, 2.75) is 19.8 Å². The van der Waals surface area contributed by atoms with Gasteiger partial charge in [0, 0.05) is 19.2 Å². The molecule has 2 aromatic rings. The first-order valence-electron chi connectivity index (χ1n) is 8.44. The smallest absolute Gasteiger partial charge is 0.305 e. The molecule has 0 saturated carbocycles.